The van der Waals surface area contributed by atoms with Crippen molar-refractivity contribution in [2.45, 2.75) is 18.9 Å². The molecule has 12 heavy (non-hydrogen) atoms. The molecule has 2 unspecified atom stereocenters. The third kappa shape index (κ3) is 1.15. The maximum absolute atomic E-state index is 10.6. The first-order valence-electron chi connectivity index (χ1n) is 4.08. The average Bonchev–Trinajstić information content (AvgIpc) is 2.75. The smallest absolute Gasteiger partial charge is 0.302 e. The van der Waals surface area contributed by atoms with Crippen molar-refractivity contribution < 1.29 is 9.53 Å². The lowest BCUT2D eigenvalue weighted by molar-refractivity contribution is -0.141. The van der Waals surface area contributed by atoms with Crippen LogP contribution in [-0.2, 0) is 9.53 Å². The largest absolute Gasteiger partial charge is 0.463 e. The van der Waals surface area contributed by atoms with E-state index in [2.05, 4.69) is 11.1 Å². The summed E-state index contributed by atoms with van der Waals surface area (Å²) in [5, 5.41) is 0. The van der Waals surface area contributed by atoms with E-state index < -0.39 is 0 Å². The number of aliphatic imine (C=N–C) groups is 1. The molecule has 64 valence electrons. The van der Waals surface area contributed by atoms with Gasteiger partial charge in [-0.1, -0.05) is 6.08 Å². The highest BCUT2D eigenvalue weighted by Crippen LogP contribution is 2.49. The van der Waals surface area contributed by atoms with Crippen molar-refractivity contribution in [3.8, 4) is 0 Å². The molecule has 1 heterocycles. The number of hydrogen-bond acceptors (Lipinski definition) is 3. The van der Waals surface area contributed by atoms with Crippen molar-refractivity contribution in [2.75, 3.05) is 6.61 Å². The van der Waals surface area contributed by atoms with Crippen molar-refractivity contribution in [1.82, 2.24) is 0 Å². The van der Waals surface area contributed by atoms with Gasteiger partial charge in [0.15, 0.2) is 0 Å². The standard InChI is InChI=1S/C9H11NO2/c1-7(11)12-6-9-5-8(9)3-2-4-10-9/h2-4,8H,5-6H2,1H3. The molecule has 1 saturated carbocycles. The van der Waals surface area contributed by atoms with Crippen LogP contribution in [0.25, 0.3) is 0 Å². The lowest BCUT2D eigenvalue weighted by Crippen LogP contribution is -2.20. The van der Waals surface area contributed by atoms with Crippen molar-refractivity contribution in [3.63, 3.8) is 0 Å². The van der Waals surface area contributed by atoms with Crippen molar-refractivity contribution in [3.05, 3.63) is 12.2 Å². The number of dihydropyridines is 1. The number of ether oxygens (including phenoxy) is 1. The van der Waals surface area contributed by atoms with Gasteiger partial charge in [-0.25, -0.2) is 0 Å². The molecule has 2 aliphatic rings. The maximum Gasteiger partial charge on any atom is 0.302 e. The van der Waals surface area contributed by atoms with E-state index in [1.165, 1.54) is 6.92 Å². The Kier molecular flexibility index (Phi) is 1.53. The number of esters is 1. The van der Waals surface area contributed by atoms with E-state index in [0.29, 0.717) is 12.5 Å². The molecule has 1 fully saturated rings. The van der Waals surface area contributed by atoms with E-state index in [4.69, 9.17) is 4.74 Å². The average molecular weight is 165 g/mol. The van der Waals surface area contributed by atoms with Crippen LogP contribution in [0.4, 0.5) is 0 Å². The fourth-order valence-corrected chi connectivity index (χ4v) is 1.52. The number of hydrogen-bond donors (Lipinski definition) is 0. The molecule has 3 heteroatoms. The van der Waals surface area contributed by atoms with Gasteiger partial charge in [0, 0.05) is 19.1 Å². The summed E-state index contributed by atoms with van der Waals surface area (Å²) in [6.07, 6.45) is 6.88. The molecule has 0 aromatic heterocycles. The summed E-state index contributed by atoms with van der Waals surface area (Å²) in [7, 11) is 0. The third-order valence-corrected chi connectivity index (χ3v) is 2.39. The van der Waals surface area contributed by atoms with E-state index in [1.807, 2.05) is 6.08 Å². The minimum atomic E-state index is -0.222. The molecule has 0 saturated heterocycles. The highest BCUT2D eigenvalue weighted by Gasteiger charge is 2.54. The van der Waals surface area contributed by atoms with Crippen LogP contribution in [0.3, 0.4) is 0 Å². The zero-order valence-corrected chi connectivity index (χ0v) is 6.99. The SMILES string of the molecule is CC(=O)OCC12CC1C=CC=N2. The van der Waals surface area contributed by atoms with Gasteiger partial charge in [-0.2, -0.15) is 0 Å². The Morgan fingerprint density at radius 1 is 1.83 bits per heavy atom. The lowest BCUT2D eigenvalue weighted by Gasteiger charge is -2.12. The van der Waals surface area contributed by atoms with Crippen LogP contribution in [0.2, 0.25) is 0 Å². The molecule has 0 bridgehead atoms. The van der Waals surface area contributed by atoms with E-state index >= 15 is 0 Å². The van der Waals surface area contributed by atoms with Crippen LogP contribution < -0.4 is 0 Å². The Bertz CT molecular complexity index is 270. The topological polar surface area (TPSA) is 38.7 Å². The van der Waals surface area contributed by atoms with Gasteiger partial charge in [0.05, 0.1) is 0 Å². The van der Waals surface area contributed by atoms with E-state index in [-0.39, 0.29) is 11.5 Å². The fourth-order valence-electron chi connectivity index (χ4n) is 1.52. The van der Waals surface area contributed by atoms with E-state index in [9.17, 15) is 4.79 Å². The fraction of sp³-hybridized carbons (Fsp3) is 0.556. The summed E-state index contributed by atoms with van der Waals surface area (Å²) >= 11 is 0. The summed E-state index contributed by atoms with van der Waals surface area (Å²) in [6.45, 7) is 1.87. The van der Waals surface area contributed by atoms with Crippen molar-refractivity contribution in [2.24, 2.45) is 10.9 Å². The molecule has 0 aromatic carbocycles. The van der Waals surface area contributed by atoms with Crippen LogP contribution in [0.5, 0.6) is 0 Å². The zero-order chi connectivity index (χ0) is 8.60. The van der Waals surface area contributed by atoms with Crippen LogP contribution in [-0.4, -0.2) is 24.3 Å². The monoisotopic (exact) mass is 165 g/mol. The Morgan fingerprint density at radius 3 is 3.33 bits per heavy atom. The molecule has 0 amide bonds. The number of allylic oxidation sites excluding steroid dienone is 1. The Balaban J connectivity index is 1.94. The predicted molar refractivity (Wildman–Crippen MR) is 45.1 cm³/mol. The first-order valence-corrected chi connectivity index (χ1v) is 4.08. The lowest BCUT2D eigenvalue weighted by atomic mass is 10.2. The minimum Gasteiger partial charge on any atom is -0.463 e. The number of nitrogens with zero attached hydrogens (tertiary/aromatic N) is 1. The van der Waals surface area contributed by atoms with Gasteiger partial charge in [-0.15, -0.1) is 0 Å². The van der Waals surface area contributed by atoms with Crippen LogP contribution in [0.1, 0.15) is 13.3 Å². The number of fused-ring (bicyclic) bond motifs is 1. The molecular formula is C9H11NO2. The first-order chi connectivity index (χ1) is 5.73. The first kappa shape index (κ1) is 7.53. The highest BCUT2D eigenvalue weighted by atomic mass is 16.5. The van der Waals surface area contributed by atoms with Crippen LogP contribution in [0, 0.1) is 5.92 Å². The van der Waals surface area contributed by atoms with Gasteiger partial charge in [0.25, 0.3) is 0 Å². The Labute approximate surface area is 71.1 Å². The minimum absolute atomic E-state index is 0.0829. The molecule has 0 radical (unpaired) electrons. The van der Waals surface area contributed by atoms with E-state index in [0.717, 1.165) is 6.42 Å². The molecule has 2 atom stereocenters. The summed E-state index contributed by atoms with van der Waals surface area (Å²) in [5.41, 5.74) is -0.0829. The molecule has 1 aliphatic carbocycles. The zero-order valence-electron chi connectivity index (χ0n) is 6.99. The van der Waals surface area contributed by atoms with Gasteiger partial charge in [-0.3, -0.25) is 9.79 Å². The molecule has 1 aliphatic heterocycles. The normalized spacial score (nSPS) is 35.9. The molecule has 2 rings (SSSR count). The third-order valence-electron chi connectivity index (χ3n) is 2.39. The molecule has 3 nitrogen and oxygen atoms in total. The van der Waals surface area contributed by atoms with Gasteiger partial charge < -0.3 is 4.74 Å². The van der Waals surface area contributed by atoms with Crippen molar-refractivity contribution in [1.29, 1.82) is 0 Å². The van der Waals surface area contributed by atoms with E-state index in [1.54, 1.807) is 6.21 Å². The van der Waals surface area contributed by atoms with Gasteiger partial charge >= 0.3 is 5.97 Å². The second-order valence-electron chi connectivity index (χ2n) is 3.36. The second kappa shape index (κ2) is 2.44. The molecule has 0 spiro atoms. The summed E-state index contributed by atoms with van der Waals surface area (Å²) < 4.78 is 4.94. The second-order valence-corrected chi connectivity index (χ2v) is 3.36. The molecular weight excluding hydrogens is 154 g/mol. The predicted octanol–water partition coefficient (Wildman–Crippen LogP) is 0.949. The summed E-state index contributed by atoms with van der Waals surface area (Å²) in [5.74, 6) is 0.279. The summed E-state index contributed by atoms with van der Waals surface area (Å²) in [6, 6.07) is 0. The number of rotatable bonds is 2. The summed E-state index contributed by atoms with van der Waals surface area (Å²) in [4.78, 5) is 14.9. The van der Waals surface area contributed by atoms with Crippen molar-refractivity contribution >= 4 is 12.2 Å². The Morgan fingerprint density at radius 2 is 2.67 bits per heavy atom. The highest BCUT2D eigenvalue weighted by molar-refractivity contribution is 5.74. The van der Waals surface area contributed by atoms with Gasteiger partial charge in [-0.05, 0) is 12.5 Å². The van der Waals surface area contributed by atoms with Crippen LogP contribution in [0.15, 0.2) is 17.1 Å². The quantitative estimate of drug-likeness (QED) is 0.571. The van der Waals surface area contributed by atoms with Gasteiger partial charge in [0.2, 0.25) is 0 Å². The van der Waals surface area contributed by atoms with Gasteiger partial charge in [0.1, 0.15) is 12.1 Å². The number of carbonyl (C=O) groups excluding carboxylic acids is 1. The van der Waals surface area contributed by atoms with Crippen LogP contribution >= 0.6 is 0 Å². The molecule has 0 N–H and O–H groups in total. The maximum atomic E-state index is 10.6. The Hall–Kier alpha value is -1.12. The molecule has 0 aromatic rings. The number of carbonyl (C=O) groups is 1.